The maximum absolute atomic E-state index is 12.8. The molecule has 0 spiro atoms. The highest BCUT2D eigenvalue weighted by molar-refractivity contribution is 5.78. The molecule has 4 nitrogen and oxygen atoms in total. The van der Waals surface area contributed by atoms with Crippen molar-refractivity contribution in [3.63, 3.8) is 0 Å². The van der Waals surface area contributed by atoms with Gasteiger partial charge in [-0.15, -0.1) is 0 Å². The van der Waals surface area contributed by atoms with E-state index >= 15 is 0 Å². The molecule has 0 saturated carbocycles. The molecule has 0 aliphatic carbocycles. The number of carbonyl (C=O) groups excluding carboxylic acids is 1. The lowest BCUT2D eigenvalue weighted by atomic mass is 10.1. The van der Waals surface area contributed by atoms with Gasteiger partial charge in [0.25, 0.3) is 0 Å². The van der Waals surface area contributed by atoms with E-state index in [-0.39, 0.29) is 17.8 Å². The Labute approximate surface area is 113 Å². The standard InChI is InChI=1S/C14H21FN2O2/c1-11(12-4-6-13(15)7-5-12)17(2)10-14(18)16-8-9-19-3/h4-7,11H,8-10H2,1-3H3,(H,16,18)/t11-/m0/s1. The highest BCUT2D eigenvalue weighted by Gasteiger charge is 2.14. The molecule has 1 rings (SSSR count). The minimum absolute atomic E-state index is 0.0477. The van der Waals surface area contributed by atoms with Gasteiger partial charge in [0.15, 0.2) is 0 Å². The number of hydrogen-bond donors (Lipinski definition) is 1. The van der Waals surface area contributed by atoms with Gasteiger partial charge >= 0.3 is 0 Å². The first-order valence-corrected chi connectivity index (χ1v) is 6.26. The Bertz CT molecular complexity index is 395. The van der Waals surface area contributed by atoms with Crippen molar-refractivity contribution in [2.45, 2.75) is 13.0 Å². The summed E-state index contributed by atoms with van der Waals surface area (Å²) >= 11 is 0. The third kappa shape index (κ3) is 5.36. The quantitative estimate of drug-likeness (QED) is 0.763. The highest BCUT2D eigenvalue weighted by Crippen LogP contribution is 2.18. The summed E-state index contributed by atoms with van der Waals surface area (Å²) in [5.74, 6) is -0.301. The topological polar surface area (TPSA) is 41.6 Å². The number of carbonyl (C=O) groups is 1. The average Bonchev–Trinajstić information content (AvgIpc) is 2.39. The van der Waals surface area contributed by atoms with Gasteiger partial charge in [-0.25, -0.2) is 4.39 Å². The lowest BCUT2D eigenvalue weighted by Gasteiger charge is -2.24. The fourth-order valence-electron chi connectivity index (χ4n) is 1.71. The van der Waals surface area contributed by atoms with E-state index in [4.69, 9.17) is 4.74 Å². The summed E-state index contributed by atoms with van der Waals surface area (Å²) in [6.45, 7) is 3.29. The molecule has 1 aromatic rings. The Balaban J connectivity index is 2.46. The van der Waals surface area contributed by atoms with E-state index in [1.807, 2.05) is 18.9 Å². The van der Waals surface area contributed by atoms with Crippen LogP contribution in [0.25, 0.3) is 0 Å². The minimum Gasteiger partial charge on any atom is -0.383 e. The summed E-state index contributed by atoms with van der Waals surface area (Å²) in [6.07, 6.45) is 0. The molecule has 1 N–H and O–H groups in total. The largest absolute Gasteiger partial charge is 0.383 e. The summed E-state index contributed by atoms with van der Waals surface area (Å²) in [6, 6.07) is 6.38. The maximum atomic E-state index is 12.8. The third-order valence-corrected chi connectivity index (χ3v) is 3.03. The summed E-state index contributed by atoms with van der Waals surface area (Å²) in [5, 5.41) is 2.76. The van der Waals surface area contributed by atoms with Crippen LogP contribution in [0.1, 0.15) is 18.5 Å². The van der Waals surface area contributed by atoms with Crippen molar-refractivity contribution in [2.75, 3.05) is 33.9 Å². The van der Waals surface area contributed by atoms with Crippen molar-refractivity contribution in [3.8, 4) is 0 Å². The summed E-state index contributed by atoms with van der Waals surface area (Å²) in [7, 11) is 3.46. The van der Waals surface area contributed by atoms with Crippen molar-refractivity contribution in [1.29, 1.82) is 0 Å². The maximum Gasteiger partial charge on any atom is 0.234 e. The molecule has 1 amide bonds. The lowest BCUT2D eigenvalue weighted by Crippen LogP contribution is -2.37. The number of nitrogens with zero attached hydrogens (tertiary/aromatic N) is 1. The van der Waals surface area contributed by atoms with Crippen LogP contribution in [0, 0.1) is 5.82 Å². The van der Waals surface area contributed by atoms with Gasteiger partial charge in [0, 0.05) is 19.7 Å². The van der Waals surface area contributed by atoms with Crippen LogP contribution in [0.15, 0.2) is 24.3 Å². The molecule has 0 aliphatic rings. The number of methoxy groups -OCH3 is 1. The Morgan fingerprint density at radius 1 is 1.42 bits per heavy atom. The number of amides is 1. The van der Waals surface area contributed by atoms with Crippen LogP contribution >= 0.6 is 0 Å². The molecule has 19 heavy (non-hydrogen) atoms. The highest BCUT2D eigenvalue weighted by atomic mass is 19.1. The molecule has 0 aliphatic heterocycles. The zero-order valence-electron chi connectivity index (χ0n) is 11.6. The second-order valence-electron chi connectivity index (χ2n) is 4.49. The predicted molar refractivity (Wildman–Crippen MR) is 72.3 cm³/mol. The van der Waals surface area contributed by atoms with Crippen molar-refractivity contribution < 1.29 is 13.9 Å². The Morgan fingerprint density at radius 3 is 2.63 bits per heavy atom. The second kappa shape index (κ2) is 7.86. The normalized spacial score (nSPS) is 12.5. The third-order valence-electron chi connectivity index (χ3n) is 3.03. The van der Waals surface area contributed by atoms with E-state index in [1.54, 1.807) is 19.2 Å². The van der Waals surface area contributed by atoms with Crippen LogP contribution in [0.4, 0.5) is 4.39 Å². The van der Waals surface area contributed by atoms with Gasteiger partial charge in [0.05, 0.1) is 13.2 Å². The number of hydrogen-bond acceptors (Lipinski definition) is 3. The van der Waals surface area contributed by atoms with Crippen LogP contribution in [0.2, 0.25) is 0 Å². The fourth-order valence-corrected chi connectivity index (χ4v) is 1.71. The van der Waals surface area contributed by atoms with E-state index in [0.717, 1.165) is 5.56 Å². The molecule has 0 aromatic heterocycles. The van der Waals surface area contributed by atoms with Gasteiger partial charge in [0.2, 0.25) is 5.91 Å². The molecule has 106 valence electrons. The molecule has 5 heteroatoms. The zero-order chi connectivity index (χ0) is 14.3. The smallest absolute Gasteiger partial charge is 0.234 e. The molecule has 1 atom stereocenters. The van der Waals surface area contributed by atoms with E-state index in [2.05, 4.69) is 5.32 Å². The van der Waals surface area contributed by atoms with Crippen LogP contribution in [-0.4, -0.2) is 44.7 Å². The van der Waals surface area contributed by atoms with Crippen LogP contribution < -0.4 is 5.32 Å². The molecule has 0 fully saturated rings. The van der Waals surface area contributed by atoms with E-state index < -0.39 is 0 Å². The van der Waals surface area contributed by atoms with Crippen molar-refractivity contribution in [3.05, 3.63) is 35.6 Å². The lowest BCUT2D eigenvalue weighted by molar-refractivity contribution is -0.122. The van der Waals surface area contributed by atoms with Crippen molar-refractivity contribution >= 4 is 5.91 Å². The van der Waals surface area contributed by atoms with E-state index in [0.29, 0.717) is 19.7 Å². The second-order valence-corrected chi connectivity index (χ2v) is 4.49. The van der Waals surface area contributed by atoms with Gasteiger partial charge in [-0.3, -0.25) is 9.69 Å². The Morgan fingerprint density at radius 2 is 2.05 bits per heavy atom. The minimum atomic E-state index is -0.254. The number of nitrogens with one attached hydrogen (secondary N) is 1. The zero-order valence-corrected chi connectivity index (χ0v) is 11.6. The Hall–Kier alpha value is -1.46. The molecular formula is C14H21FN2O2. The van der Waals surface area contributed by atoms with Gasteiger partial charge < -0.3 is 10.1 Å². The summed E-state index contributed by atoms with van der Waals surface area (Å²) in [5.41, 5.74) is 0.980. The van der Waals surface area contributed by atoms with E-state index in [1.165, 1.54) is 12.1 Å². The molecular weight excluding hydrogens is 247 g/mol. The molecule has 0 bridgehead atoms. The first kappa shape index (κ1) is 15.6. The van der Waals surface area contributed by atoms with Gasteiger partial charge in [-0.2, -0.15) is 0 Å². The molecule has 0 unspecified atom stereocenters. The number of ether oxygens (including phenoxy) is 1. The summed E-state index contributed by atoms with van der Waals surface area (Å²) in [4.78, 5) is 13.6. The molecule has 0 radical (unpaired) electrons. The van der Waals surface area contributed by atoms with Gasteiger partial charge in [-0.05, 0) is 31.7 Å². The van der Waals surface area contributed by atoms with E-state index in [9.17, 15) is 9.18 Å². The van der Waals surface area contributed by atoms with Crippen molar-refractivity contribution in [2.24, 2.45) is 0 Å². The first-order valence-electron chi connectivity index (χ1n) is 6.26. The monoisotopic (exact) mass is 268 g/mol. The number of rotatable bonds is 7. The first-order chi connectivity index (χ1) is 9.04. The average molecular weight is 268 g/mol. The Kier molecular flexibility index (Phi) is 6.45. The predicted octanol–water partition coefficient (Wildman–Crippen LogP) is 1.58. The molecule has 1 aromatic carbocycles. The summed E-state index contributed by atoms with van der Waals surface area (Å²) < 4.78 is 17.7. The fraction of sp³-hybridized carbons (Fsp3) is 0.500. The number of halogens is 1. The van der Waals surface area contributed by atoms with Crippen LogP contribution in [-0.2, 0) is 9.53 Å². The number of likely N-dealkylation sites (N-methyl/N-ethyl adjacent to an activating group) is 1. The molecule has 0 saturated heterocycles. The number of benzene rings is 1. The molecule has 0 heterocycles. The van der Waals surface area contributed by atoms with Gasteiger partial charge in [-0.1, -0.05) is 12.1 Å². The van der Waals surface area contributed by atoms with Crippen molar-refractivity contribution in [1.82, 2.24) is 10.2 Å². The van der Waals surface area contributed by atoms with Crippen LogP contribution in [0.5, 0.6) is 0 Å². The van der Waals surface area contributed by atoms with Gasteiger partial charge in [0.1, 0.15) is 5.82 Å². The van der Waals surface area contributed by atoms with Crippen LogP contribution in [0.3, 0.4) is 0 Å². The SMILES string of the molecule is COCCNC(=O)CN(C)[C@@H](C)c1ccc(F)cc1.